The molecule has 1 saturated heterocycles. The quantitative estimate of drug-likeness (QED) is 0.447. The average molecular weight is 387 g/mol. The van der Waals surface area contributed by atoms with Gasteiger partial charge in [-0.2, -0.15) is 5.26 Å². The summed E-state index contributed by atoms with van der Waals surface area (Å²) in [5.41, 5.74) is 8.65. The first-order chi connectivity index (χ1) is 14.1. The number of nitriles is 1. The normalized spacial score (nSPS) is 14.4. The molecule has 0 atom stereocenters. The van der Waals surface area contributed by atoms with Crippen LogP contribution in [0.25, 0.3) is 5.57 Å². The molecule has 1 amide bonds. The molecule has 0 saturated carbocycles. The fourth-order valence-electron chi connectivity index (χ4n) is 3.16. The Hall–Kier alpha value is -3.92. The number of allylic oxidation sites excluding steroid dienone is 3. The van der Waals surface area contributed by atoms with Crippen molar-refractivity contribution in [1.29, 1.82) is 5.26 Å². The molecule has 1 aliphatic rings. The van der Waals surface area contributed by atoms with Gasteiger partial charge in [0.25, 0.3) is 5.91 Å². The maximum atomic E-state index is 12.5. The number of aldehydes is 1. The molecular formula is C22H21N5O2. The molecule has 2 aromatic rings. The summed E-state index contributed by atoms with van der Waals surface area (Å²) >= 11 is 0. The first kappa shape index (κ1) is 19.8. The van der Waals surface area contributed by atoms with E-state index in [4.69, 9.17) is 11.0 Å². The number of benzene rings is 1. The van der Waals surface area contributed by atoms with Crippen LogP contribution in [0.4, 0.5) is 5.69 Å². The summed E-state index contributed by atoms with van der Waals surface area (Å²) in [4.78, 5) is 30.3. The Balaban J connectivity index is 1.74. The smallest absolute Gasteiger partial charge is 0.255 e. The summed E-state index contributed by atoms with van der Waals surface area (Å²) < 4.78 is 0. The molecule has 0 aliphatic carbocycles. The number of aromatic nitrogens is 1. The Morgan fingerprint density at radius 3 is 2.52 bits per heavy atom. The van der Waals surface area contributed by atoms with Gasteiger partial charge in [0.1, 0.15) is 6.07 Å². The highest BCUT2D eigenvalue weighted by atomic mass is 16.2. The number of nitrogens with one attached hydrogen (secondary N) is 1. The Labute approximate surface area is 169 Å². The topological polar surface area (TPSA) is 112 Å². The average Bonchev–Trinajstić information content (AvgIpc) is 3.31. The van der Waals surface area contributed by atoms with Crippen LogP contribution in [0.5, 0.6) is 0 Å². The Morgan fingerprint density at radius 1 is 1.17 bits per heavy atom. The maximum Gasteiger partial charge on any atom is 0.255 e. The SMILES string of the molecule is N#Cc1cncc(C(/C=C(\C=O)NC(=O)c2ccc(N3CCCC3)cc2)=C/N)c1. The van der Waals surface area contributed by atoms with Crippen LogP contribution in [-0.4, -0.2) is 30.3 Å². The van der Waals surface area contributed by atoms with Gasteiger partial charge in [0.05, 0.1) is 11.3 Å². The summed E-state index contributed by atoms with van der Waals surface area (Å²) in [6, 6.07) is 10.9. The summed E-state index contributed by atoms with van der Waals surface area (Å²) in [7, 11) is 0. The van der Waals surface area contributed by atoms with E-state index in [9.17, 15) is 9.59 Å². The van der Waals surface area contributed by atoms with Crippen molar-refractivity contribution in [3.8, 4) is 6.07 Å². The highest BCUT2D eigenvalue weighted by Crippen LogP contribution is 2.21. The summed E-state index contributed by atoms with van der Waals surface area (Å²) in [5.74, 6) is -0.392. The molecule has 0 spiro atoms. The number of carbonyl (C=O) groups excluding carboxylic acids is 2. The van der Waals surface area contributed by atoms with E-state index in [1.807, 2.05) is 18.2 Å². The number of pyridine rings is 1. The van der Waals surface area contributed by atoms with E-state index in [0.717, 1.165) is 18.8 Å². The Bertz CT molecular complexity index is 997. The van der Waals surface area contributed by atoms with E-state index in [1.54, 1.807) is 18.2 Å². The largest absolute Gasteiger partial charge is 0.404 e. The van der Waals surface area contributed by atoms with Gasteiger partial charge in [0, 0.05) is 54.1 Å². The number of amides is 1. The number of hydrogen-bond acceptors (Lipinski definition) is 6. The predicted molar refractivity (Wildman–Crippen MR) is 111 cm³/mol. The third-order valence-corrected chi connectivity index (χ3v) is 4.68. The summed E-state index contributed by atoms with van der Waals surface area (Å²) in [5, 5.41) is 11.6. The van der Waals surface area contributed by atoms with Crippen LogP contribution in [0.15, 0.2) is 60.7 Å². The fraction of sp³-hybridized carbons (Fsp3) is 0.182. The lowest BCUT2D eigenvalue weighted by Crippen LogP contribution is -2.24. The van der Waals surface area contributed by atoms with Gasteiger partial charge >= 0.3 is 0 Å². The second-order valence-electron chi connectivity index (χ2n) is 6.61. The molecule has 146 valence electrons. The zero-order chi connectivity index (χ0) is 20.6. The zero-order valence-corrected chi connectivity index (χ0v) is 15.8. The van der Waals surface area contributed by atoms with Crippen LogP contribution in [0.2, 0.25) is 0 Å². The van der Waals surface area contributed by atoms with Crippen molar-refractivity contribution in [3.63, 3.8) is 0 Å². The van der Waals surface area contributed by atoms with Gasteiger partial charge in [-0.05, 0) is 49.2 Å². The number of anilines is 1. The fourth-order valence-corrected chi connectivity index (χ4v) is 3.16. The number of nitrogens with zero attached hydrogens (tertiary/aromatic N) is 3. The number of hydrogen-bond donors (Lipinski definition) is 2. The molecule has 7 heteroatoms. The van der Waals surface area contributed by atoms with E-state index < -0.39 is 5.91 Å². The Morgan fingerprint density at radius 2 is 1.90 bits per heavy atom. The molecule has 3 N–H and O–H groups in total. The molecule has 0 unspecified atom stereocenters. The maximum absolute atomic E-state index is 12.5. The second-order valence-corrected chi connectivity index (χ2v) is 6.61. The lowest BCUT2D eigenvalue weighted by atomic mass is 10.1. The van der Waals surface area contributed by atoms with Gasteiger partial charge in [-0.15, -0.1) is 0 Å². The highest BCUT2D eigenvalue weighted by Gasteiger charge is 2.14. The van der Waals surface area contributed by atoms with Crippen LogP contribution in [0.3, 0.4) is 0 Å². The summed E-state index contributed by atoms with van der Waals surface area (Å²) in [6.45, 7) is 2.05. The van der Waals surface area contributed by atoms with E-state index in [-0.39, 0.29) is 5.70 Å². The number of nitrogens with two attached hydrogens (primary N) is 1. The molecule has 2 heterocycles. The van der Waals surface area contributed by atoms with E-state index in [0.29, 0.717) is 28.5 Å². The molecule has 1 fully saturated rings. The van der Waals surface area contributed by atoms with E-state index in [2.05, 4.69) is 15.2 Å². The predicted octanol–water partition coefficient (Wildman–Crippen LogP) is 2.37. The molecule has 29 heavy (non-hydrogen) atoms. The van der Waals surface area contributed by atoms with Crippen molar-refractivity contribution in [2.24, 2.45) is 5.73 Å². The molecule has 0 radical (unpaired) electrons. The standard InChI is InChI=1S/C22H21N5O2/c23-11-16-9-19(14-25-13-16)18(12-24)10-20(15-28)26-22(29)17-3-5-21(6-4-17)27-7-1-2-8-27/h3-6,9-10,12-15H,1-2,7-8,24H2,(H,26,29)/b18-12+,20-10+. The van der Waals surface area contributed by atoms with Gasteiger partial charge in [0.15, 0.2) is 6.29 Å². The van der Waals surface area contributed by atoms with E-state index in [1.165, 1.54) is 37.5 Å². The van der Waals surface area contributed by atoms with Gasteiger partial charge in [-0.1, -0.05) is 0 Å². The van der Waals surface area contributed by atoms with Crippen LogP contribution >= 0.6 is 0 Å². The van der Waals surface area contributed by atoms with Gasteiger partial charge in [-0.25, -0.2) is 0 Å². The van der Waals surface area contributed by atoms with Crippen molar-refractivity contribution in [2.75, 3.05) is 18.0 Å². The van der Waals surface area contributed by atoms with Crippen molar-refractivity contribution in [2.45, 2.75) is 12.8 Å². The molecular weight excluding hydrogens is 366 g/mol. The molecule has 7 nitrogen and oxygen atoms in total. The zero-order valence-electron chi connectivity index (χ0n) is 15.8. The molecule has 3 rings (SSSR count). The number of carbonyl (C=O) groups is 2. The van der Waals surface area contributed by atoms with Crippen molar-refractivity contribution in [1.82, 2.24) is 10.3 Å². The Kier molecular flexibility index (Phi) is 6.38. The second kappa shape index (κ2) is 9.33. The monoisotopic (exact) mass is 387 g/mol. The van der Waals surface area contributed by atoms with Crippen molar-refractivity contribution < 1.29 is 9.59 Å². The minimum Gasteiger partial charge on any atom is -0.404 e. The van der Waals surface area contributed by atoms with E-state index >= 15 is 0 Å². The minimum absolute atomic E-state index is 0.0534. The lowest BCUT2D eigenvalue weighted by molar-refractivity contribution is -0.105. The highest BCUT2D eigenvalue weighted by molar-refractivity contribution is 5.99. The lowest BCUT2D eigenvalue weighted by Gasteiger charge is -2.17. The first-order valence-corrected chi connectivity index (χ1v) is 9.25. The van der Waals surface area contributed by atoms with Crippen LogP contribution < -0.4 is 16.0 Å². The number of rotatable bonds is 6. The first-order valence-electron chi connectivity index (χ1n) is 9.25. The van der Waals surface area contributed by atoms with Crippen molar-refractivity contribution in [3.05, 3.63) is 77.4 Å². The summed E-state index contributed by atoms with van der Waals surface area (Å²) in [6.07, 6.45) is 8.59. The van der Waals surface area contributed by atoms with Crippen molar-refractivity contribution >= 4 is 23.5 Å². The molecule has 1 aliphatic heterocycles. The van der Waals surface area contributed by atoms with Gasteiger partial charge < -0.3 is 16.0 Å². The van der Waals surface area contributed by atoms with Crippen LogP contribution in [0.1, 0.15) is 34.3 Å². The van der Waals surface area contributed by atoms with Crippen LogP contribution in [-0.2, 0) is 4.79 Å². The third-order valence-electron chi connectivity index (χ3n) is 4.68. The van der Waals surface area contributed by atoms with Gasteiger partial charge in [0.2, 0.25) is 0 Å². The van der Waals surface area contributed by atoms with Crippen LogP contribution in [0, 0.1) is 11.3 Å². The van der Waals surface area contributed by atoms with Gasteiger partial charge in [-0.3, -0.25) is 14.6 Å². The third kappa shape index (κ3) is 4.87. The minimum atomic E-state index is -0.392. The molecule has 0 bridgehead atoms. The molecule has 1 aromatic heterocycles. The molecule has 1 aromatic carbocycles.